The van der Waals surface area contributed by atoms with Crippen molar-refractivity contribution in [3.05, 3.63) is 54.4 Å². The fraction of sp³-hybridized carbons (Fsp3) is 0.0714. The number of benzene rings is 1. The summed E-state index contributed by atoms with van der Waals surface area (Å²) in [5.41, 5.74) is 0.136. The average Bonchev–Trinajstić information content (AvgIpc) is 2.88. The fourth-order valence-corrected chi connectivity index (χ4v) is 2.86. The molecule has 0 N–H and O–H groups in total. The first-order valence-electron chi connectivity index (χ1n) is 6.26. The number of hydrogen-bond acceptors (Lipinski definition) is 3. The lowest BCUT2D eigenvalue weighted by atomic mass is 10.2. The van der Waals surface area contributed by atoms with E-state index in [1.807, 2.05) is 0 Å². The maximum absolute atomic E-state index is 12.6. The van der Waals surface area contributed by atoms with Gasteiger partial charge in [-0.2, -0.15) is 13.2 Å². The Morgan fingerprint density at radius 3 is 2.30 bits per heavy atom. The van der Waals surface area contributed by atoms with Crippen LogP contribution < -0.4 is 0 Å². The second-order valence-corrected chi connectivity index (χ2v) is 7.32. The van der Waals surface area contributed by atoms with Crippen molar-refractivity contribution in [2.24, 2.45) is 0 Å². The molecule has 0 saturated heterocycles. The van der Waals surface area contributed by atoms with Crippen LogP contribution in [-0.2, 0) is 15.2 Å². The molecule has 1 aromatic carbocycles. The van der Waals surface area contributed by atoms with Crippen molar-refractivity contribution < 1.29 is 21.6 Å². The first-order chi connectivity index (χ1) is 10.7. The zero-order valence-corrected chi connectivity index (χ0v) is 12.8. The Balaban J connectivity index is 2.07. The molecular formula is C14H8ClF3N2O2S. The van der Waals surface area contributed by atoms with Gasteiger partial charge in [-0.3, -0.25) is 0 Å². The Morgan fingerprint density at radius 2 is 1.74 bits per heavy atom. The third kappa shape index (κ3) is 3.04. The van der Waals surface area contributed by atoms with E-state index in [0.29, 0.717) is 16.7 Å². The number of rotatable bonds is 2. The molecule has 0 saturated carbocycles. The highest BCUT2D eigenvalue weighted by Gasteiger charge is 2.30. The summed E-state index contributed by atoms with van der Waals surface area (Å²) in [7, 11) is 1.37. The lowest BCUT2D eigenvalue weighted by Crippen LogP contribution is -2.05. The molecule has 0 fully saturated rings. The number of alkyl halides is 3. The standard InChI is InChI=1S/C14H8ClF3N2O2S/c15-23(21,22)12-7-9-5-6-20(13(9)19-8-12)11-3-1-10(2-4-11)14(16,17)18/h1-8H. The van der Waals surface area contributed by atoms with Crippen molar-refractivity contribution in [2.45, 2.75) is 11.1 Å². The Morgan fingerprint density at radius 1 is 1.09 bits per heavy atom. The zero-order chi connectivity index (χ0) is 16.8. The molecule has 0 aliphatic rings. The molecular weight excluding hydrogens is 353 g/mol. The van der Waals surface area contributed by atoms with Gasteiger partial charge in [0.2, 0.25) is 0 Å². The third-order valence-electron chi connectivity index (χ3n) is 3.26. The SMILES string of the molecule is O=S(=O)(Cl)c1cnc2c(ccn2-c2ccc(C(F)(F)F)cc2)c1. The minimum atomic E-state index is -4.40. The van der Waals surface area contributed by atoms with E-state index < -0.39 is 20.8 Å². The van der Waals surface area contributed by atoms with E-state index >= 15 is 0 Å². The summed E-state index contributed by atoms with van der Waals surface area (Å²) in [6.07, 6.45) is -1.71. The molecule has 0 spiro atoms. The number of aromatic nitrogens is 2. The van der Waals surface area contributed by atoms with Gasteiger partial charge in [0.15, 0.2) is 0 Å². The van der Waals surface area contributed by atoms with Gasteiger partial charge in [0.1, 0.15) is 10.5 Å². The van der Waals surface area contributed by atoms with E-state index in [1.165, 1.54) is 18.2 Å². The minimum Gasteiger partial charge on any atom is -0.301 e. The van der Waals surface area contributed by atoms with E-state index in [9.17, 15) is 21.6 Å². The van der Waals surface area contributed by atoms with Crippen LogP contribution in [0.1, 0.15) is 5.56 Å². The Hall–Kier alpha value is -2.06. The molecule has 2 heterocycles. The van der Waals surface area contributed by atoms with Gasteiger partial charge in [0, 0.05) is 34.1 Å². The average molecular weight is 361 g/mol. The van der Waals surface area contributed by atoms with Gasteiger partial charge in [0.05, 0.1) is 5.56 Å². The second-order valence-electron chi connectivity index (χ2n) is 4.75. The number of hydrogen-bond donors (Lipinski definition) is 0. The van der Waals surface area contributed by atoms with Crippen LogP contribution in [0.4, 0.5) is 13.2 Å². The van der Waals surface area contributed by atoms with Crippen molar-refractivity contribution >= 4 is 30.8 Å². The molecule has 0 unspecified atom stereocenters. The van der Waals surface area contributed by atoms with Crippen LogP contribution in [0.2, 0.25) is 0 Å². The molecule has 120 valence electrons. The Labute approximate surface area is 133 Å². The largest absolute Gasteiger partial charge is 0.416 e. The highest BCUT2D eigenvalue weighted by atomic mass is 35.7. The first-order valence-corrected chi connectivity index (χ1v) is 8.56. The molecule has 23 heavy (non-hydrogen) atoms. The van der Waals surface area contributed by atoms with Gasteiger partial charge in [-0.15, -0.1) is 0 Å². The highest BCUT2D eigenvalue weighted by Crippen LogP contribution is 2.30. The Bertz CT molecular complexity index is 979. The van der Waals surface area contributed by atoms with Crippen LogP contribution in [-0.4, -0.2) is 18.0 Å². The van der Waals surface area contributed by atoms with Gasteiger partial charge in [0.25, 0.3) is 9.05 Å². The van der Waals surface area contributed by atoms with E-state index in [-0.39, 0.29) is 4.90 Å². The smallest absolute Gasteiger partial charge is 0.301 e. The van der Waals surface area contributed by atoms with Crippen molar-refractivity contribution in [3.63, 3.8) is 0 Å². The van der Waals surface area contributed by atoms with Crippen LogP contribution in [0.15, 0.2) is 53.7 Å². The summed E-state index contributed by atoms with van der Waals surface area (Å²) in [4.78, 5) is 3.89. The van der Waals surface area contributed by atoms with Crippen molar-refractivity contribution in [2.75, 3.05) is 0 Å². The van der Waals surface area contributed by atoms with Crippen LogP contribution in [0.25, 0.3) is 16.7 Å². The van der Waals surface area contributed by atoms with Crippen molar-refractivity contribution in [1.29, 1.82) is 0 Å². The fourth-order valence-electron chi connectivity index (χ4n) is 2.16. The molecule has 0 aliphatic carbocycles. The van der Waals surface area contributed by atoms with Crippen molar-refractivity contribution in [3.8, 4) is 5.69 Å². The van der Waals surface area contributed by atoms with Crippen LogP contribution in [0, 0.1) is 0 Å². The van der Waals surface area contributed by atoms with Gasteiger partial charge in [-0.1, -0.05) is 0 Å². The highest BCUT2D eigenvalue weighted by molar-refractivity contribution is 8.13. The maximum atomic E-state index is 12.6. The molecule has 0 atom stereocenters. The normalized spacial score (nSPS) is 12.7. The molecule has 2 aromatic heterocycles. The molecule has 0 amide bonds. The topological polar surface area (TPSA) is 52.0 Å². The summed E-state index contributed by atoms with van der Waals surface area (Å²) < 4.78 is 61.9. The predicted molar refractivity (Wildman–Crippen MR) is 79.1 cm³/mol. The molecule has 0 radical (unpaired) electrons. The quantitative estimate of drug-likeness (QED) is 0.650. The third-order valence-corrected chi connectivity index (χ3v) is 4.58. The lowest BCUT2D eigenvalue weighted by molar-refractivity contribution is -0.137. The van der Waals surface area contributed by atoms with Gasteiger partial charge < -0.3 is 4.57 Å². The molecule has 0 bridgehead atoms. The summed E-state index contributed by atoms with van der Waals surface area (Å²) in [6, 6.07) is 7.53. The molecule has 4 nitrogen and oxygen atoms in total. The monoisotopic (exact) mass is 360 g/mol. The second kappa shape index (κ2) is 5.24. The number of nitrogens with zero attached hydrogens (tertiary/aromatic N) is 2. The van der Waals surface area contributed by atoms with Gasteiger partial charge in [-0.05, 0) is 36.4 Å². The summed E-state index contributed by atoms with van der Waals surface area (Å²) >= 11 is 0. The summed E-state index contributed by atoms with van der Waals surface area (Å²) in [6.45, 7) is 0. The summed E-state index contributed by atoms with van der Waals surface area (Å²) in [5, 5.41) is 0.506. The van der Waals surface area contributed by atoms with Gasteiger partial charge >= 0.3 is 6.18 Å². The maximum Gasteiger partial charge on any atom is 0.416 e. The van der Waals surface area contributed by atoms with Crippen LogP contribution in [0.5, 0.6) is 0 Å². The van der Waals surface area contributed by atoms with E-state index in [4.69, 9.17) is 10.7 Å². The number of halogens is 4. The zero-order valence-electron chi connectivity index (χ0n) is 11.2. The summed E-state index contributed by atoms with van der Waals surface area (Å²) in [5.74, 6) is 0. The van der Waals surface area contributed by atoms with Gasteiger partial charge in [-0.25, -0.2) is 13.4 Å². The predicted octanol–water partition coefficient (Wildman–Crippen LogP) is 3.97. The van der Waals surface area contributed by atoms with E-state index in [2.05, 4.69) is 4.98 Å². The Kier molecular flexibility index (Phi) is 3.61. The molecule has 3 aromatic rings. The lowest BCUT2D eigenvalue weighted by Gasteiger charge is -2.09. The number of fused-ring (bicyclic) bond motifs is 1. The number of pyridine rings is 1. The molecule has 3 rings (SSSR count). The molecule has 9 heteroatoms. The van der Waals surface area contributed by atoms with E-state index in [1.54, 1.807) is 16.8 Å². The first kappa shape index (κ1) is 15.8. The minimum absolute atomic E-state index is 0.142. The van der Waals surface area contributed by atoms with E-state index in [0.717, 1.165) is 18.3 Å². The van der Waals surface area contributed by atoms with Crippen molar-refractivity contribution in [1.82, 2.24) is 9.55 Å². The van der Waals surface area contributed by atoms with Crippen LogP contribution >= 0.6 is 10.7 Å². The molecule has 0 aliphatic heterocycles. The van der Waals surface area contributed by atoms with Crippen LogP contribution in [0.3, 0.4) is 0 Å².